The van der Waals surface area contributed by atoms with Gasteiger partial charge in [-0.15, -0.1) is 0 Å². The molecule has 0 aliphatic rings. The molecule has 3 heteroatoms. The zero-order chi connectivity index (χ0) is 12.7. The molecule has 1 aromatic carbocycles. The summed E-state index contributed by atoms with van der Waals surface area (Å²) >= 11 is 0. The summed E-state index contributed by atoms with van der Waals surface area (Å²) < 4.78 is 18.6. The lowest BCUT2D eigenvalue weighted by Crippen LogP contribution is -1.99. The third-order valence-electron chi connectivity index (χ3n) is 2.07. The van der Waals surface area contributed by atoms with Crippen molar-refractivity contribution < 1.29 is 9.13 Å². The van der Waals surface area contributed by atoms with Gasteiger partial charge in [0.25, 0.3) is 0 Å². The lowest BCUT2D eigenvalue weighted by atomic mass is 10.2. The van der Waals surface area contributed by atoms with Gasteiger partial charge < -0.3 is 4.74 Å². The first-order valence-corrected chi connectivity index (χ1v) is 5.34. The quantitative estimate of drug-likeness (QED) is 0.725. The maximum atomic E-state index is 13.2. The number of nitriles is 1. The summed E-state index contributed by atoms with van der Waals surface area (Å²) in [6, 6.07) is 5.93. The van der Waals surface area contributed by atoms with Crippen LogP contribution in [0.5, 0.6) is 5.75 Å². The van der Waals surface area contributed by atoms with E-state index in [2.05, 4.69) is 6.58 Å². The summed E-state index contributed by atoms with van der Waals surface area (Å²) in [6.45, 7) is 6.14. The van der Waals surface area contributed by atoms with Crippen molar-refractivity contribution in [2.45, 2.75) is 13.3 Å². The smallest absolute Gasteiger partial charge is 0.144 e. The molecule has 0 N–H and O–H groups in total. The van der Waals surface area contributed by atoms with E-state index in [9.17, 15) is 4.39 Å². The van der Waals surface area contributed by atoms with Crippen molar-refractivity contribution in [3.8, 4) is 11.8 Å². The van der Waals surface area contributed by atoms with Crippen LogP contribution in [0, 0.1) is 17.1 Å². The highest BCUT2D eigenvalue weighted by Gasteiger charge is 2.03. The van der Waals surface area contributed by atoms with Crippen molar-refractivity contribution in [1.82, 2.24) is 0 Å². The van der Waals surface area contributed by atoms with Gasteiger partial charge in [0.15, 0.2) is 0 Å². The summed E-state index contributed by atoms with van der Waals surface area (Å²) in [4.78, 5) is 0. The molecular weight excluding hydrogens is 217 g/mol. The molecule has 88 valence electrons. The highest BCUT2D eigenvalue weighted by atomic mass is 19.1. The van der Waals surface area contributed by atoms with E-state index in [-0.39, 0.29) is 5.56 Å². The lowest BCUT2D eigenvalue weighted by molar-refractivity contribution is 0.353. The second-order valence-corrected chi connectivity index (χ2v) is 3.51. The van der Waals surface area contributed by atoms with Gasteiger partial charge in [0.1, 0.15) is 24.2 Å². The van der Waals surface area contributed by atoms with Crippen LogP contribution in [0.3, 0.4) is 0 Å². The van der Waals surface area contributed by atoms with Crippen LogP contribution in [-0.2, 0) is 0 Å². The Hall–Kier alpha value is -2.08. The monoisotopic (exact) mass is 231 g/mol. The molecule has 1 aromatic rings. The Morgan fingerprint density at radius 1 is 1.59 bits per heavy atom. The Labute approximate surface area is 101 Å². The van der Waals surface area contributed by atoms with E-state index >= 15 is 0 Å². The van der Waals surface area contributed by atoms with Crippen LogP contribution in [0.4, 0.5) is 4.39 Å². The molecule has 0 bridgehead atoms. The predicted molar refractivity (Wildman–Crippen MR) is 65.2 cm³/mol. The third kappa shape index (κ3) is 4.12. The number of allylic oxidation sites excluding steroid dienone is 1. The molecule has 0 radical (unpaired) electrons. The topological polar surface area (TPSA) is 33.0 Å². The molecular formula is C14H14FNO. The van der Waals surface area contributed by atoms with Crippen molar-refractivity contribution in [2.24, 2.45) is 0 Å². The summed E-state index contributed by atoms with van der Waals surface area (Å²) in [6.07, 6.45) is 4.79. The van der Waals surface area contributed by atoms with E-state index in [1.165, 1.54) is 12.1 Å². The maximum absolute atomic E-state index is 13.2. The molecule has 0 heterocycles. The zero-order valence-corrected chi connectivity index (χ0v) is 9.74. The standard InChI is InChI=1S/C14H14FNO/c1-3-4-5-11(2)10-17-13-7-6-12(9-16)14(15)8-13/h4-8H,2-3,10H2,1H3/b5-4-. The fourth-order valence-electron chi connectivity index (χ4n) is 1.18. The summed E-state index contributed by atoms with van der Waals surface area (Å²) in [5, 5.41) is 8.57. The molecule has 0 aromatic heterocycles. The maximum Gasteiger partial charge on any atom is 0.144 e. The number of ether oxygens (including phenoxy) is 1. The zero-order valence-electron chi connectivity index (χ0n) is 9.74. The van der Waals surface area contributed by atoms with Crippen molar-refractivity contribution in [2.75, 3.05) is 6.61 Å². The number of hydrogen-bond donors (Lipinski definition) is 0. The molecule has 0 unspecified atom stereocenters. The largest absolute Gasteiger partial charge is 0.489 e. The van der Waals surface area contributed by atoms with E-state index in [0.717, 1.165) is 12.0 Å². The average molecular weight is 231 g/mol. The van der Waals surface area contributed by atoms with E-state index in [4.69, 9.17) is 10.00 Å². The van der Waals surface area contributed by atoms with Crippen molar-refractivity contribution >= 4 is 0 Å². The van der Waals surface area contributed by atoms with E-state index in [1.54, 1.807) is 12.1 Å². The number of rotatable bonds is 5. The molecule has 0 aliphatic carbocycles. The van der Waals surface area contributed by atoms with Gasteiger partial charge in [0.05, 0.1) is 5.56 Å². The minimum Gasteiger partial charge on any atom is -0.489 e. The van der Waals surface area contributed by atoms with Gasteiger partial charge in [0, 0.05) is 6.07 Å². The molecule has 0 saturated carbocycles. The van der Waals surface area contributed by atoms with Gasteiger partial charge in [-0.25, -0.2) is 4.39 Å². The minimum atomic E-state index is -0.570. The van der Waals surface area contributed by atoms with Gasteiger partial charge in [-0.3, -0.25) is 0 Å². The molecule has 17 heavy (non-hydrogen) atoms. The van der Waals surface area contributed by atoms with Crippen molar-refractivity contribution in [3.63, 3.8) is 0 Å². The Morgan fingerprint density at radius 2 is 2.35 bits per heavy atom. The second kappa shape index (κ2) is 6.49. The van der Waals surface area contributed by atoms with Crippen LogP contribution in [0.2, 0.25) is 0 Å². The van der Waals surface area contributed by atoms with Crippen molar-refractivity contribution in [1.29, 1.82) is 5.26 Å². The highest BCUT2D eigenvalue weighted by Crippen LogP contribution is 2.16. The number of nitrogens with zero attached hydrogens (tertiary/aromatic N) is 1. The van der Waals surface area contributed by atoms with Gasteiger partial charge >= 0.3 is 0 Å². The van der Waals surface area contributed by atoms with Crippen LogP contribution in [0.15, 0.2) is 42.5 Å². The van der Waals surface area contributed by atoms with Crippen molar-refractivity contribution in [3.05, 3.63) is 53.9 Å². The van der Waals surface area contributed by atoms with Gasteiger partial charge in [-0.05, 0) is 24.1 Å². The first-order valence-electron chi connectivity index (χ1n) is 5.34. The summed E-state index contributed by atoms with van der Waals surface area (Å²) in [5.74, 6) is -0.174. The molecule has 1 rings (SSSR count). The van der Waals surface area contributed by atoms with Crippen LogP contribution < -0.4 is 4.74 Å². The minimum absolute atomic E-state index is 0.0158. The van der Waals surface area contributed by atoms with Crippen LogP contribution in [-0.4, -0.2) is 6.61 Å². The van der Waals surface area contributed by atoms with Gasteiger partial charge in [0.2, 0.25) is 0 Å². The molecule has 0 saturated heterocycles. The van der Waals surface area contributed by atoms with E-state index in [1.807, 2.05) is 19.1 Å². The van der Waals surface area contributed by atoms with Crippen LogP contribution in [0.1, 0.15) is 18.9 Å². The Bertz CT molecular complexity index is 472. The number of halogens is 1. The normalized spacial score (nSPS) is 10.2. The molecule has 0 atom stereocenters. The fraction of sp³-hybridized carbons (Fsp3) is 0.214. The number of hydrogen-bond acceptors (Lipinski definition) is 2. The molecule has 0 spiro atoms. The third-order valence-corrected chi connectivity index (χ3v) is 2.07. The Balaban J connectivity index is 2.59. The molecule has 0 aliphatic heterocycles. The molecule has 2 nitrogen and oxygen atoms in total. The number of benzene rings is 1. The van der Waals surface area contributed by atoms with Gasteiger partial charge in [-0.2, -0.15) is 5.26 Å². The average Bonchev–Trinajstić information content (AvgIpc) is 2.34. The summed E-state index contributed by atoms with van der Waals surface area (Å²) in [5.41, 5.74) is 0.832. The van der Waals surface area contributed by atoms with E-state index in [0.29, 0.717) is 12.4 Å². The van der Waals surface area contributed by atoms with Crippen LogP contribution in [0.25, 0.3) is 0 Å². The molecule has 0 amide bonds. The first kappa shape index (κ1) is 13.0. The van der Waals surface area contributed by atoms with E-state index < -0.39 is 5.82 Å². The van der Waals surface area contributed by atoms with Gasteiger partial charge in [-0.1, -0.05) is 25.7 Å². The fourth-order valence-corrected chi connectivity index (χ4v) is 1.18. The first-order chi connectivity index (χ1) is 8.17. The summed E-state index contributed by atoms with van der Waals surface area (Å²) in [7, 11) is 0. The Kier molecular flexibility index (Phi) is 4.96. The SMILES string of the molecule is C=C(/C=C\CC)COc1ccc(C#N)c(F)c1. The highest BCUT2D eigenvalue weighted by molar-refractivity contribution is 5.36. The predicted octanol–water partition coefficient (Wildman–Crippen LogP) is 3.60. The molecule has 0 fully saturated rings. The second-order valence-electron chi connectivity index (χ2n) is 3.51. The Morgan fingerprint density at radius 3 is 2.94 bits per heavy atom. The van der Waals surface area contributed by atoms with Crippen LogP contribution >= 0.6 is 0 Å². The lowest BCUT2D eigenvalue weighted by Gasteiger charge is -2.06.